The largest absolute Gasteiger partial charge is 0.462 e. The van der Waals surface area contributed by atoms with Gasteiger partial charge in [0, 0.05) is 0 Å². The van der Waals surface area contributed by atoms with Gasteiger partial charge in [0.25, 0.3) is 5.91 Å². The van der Waals surface area contributed by atoms with E-state index in [1.807, 2.05) is 13.8 Å². The van der Waals surface area contributed by atoms with Crippen LogP contribution in [-0.4, -0.2) is 67.8 Å². The van der Waals surface area contributed by atoms with Crippen molar-refractivity contribution in [3.05, 3.63) is 12.2 Å². The van der Waals surface area contributed by atoms with Gasteiger partial charge in [-0.2, -0.15) is 0 Å². The Labute approximate surface area is 143 Å². The molecule has 1 aromatic rings. The summed E-state index contributed by atoms with van der Waals surface area (Å²) in [4.78, 5) is 26.6. The maximum Gasteiger partial charge on any atom is 0.323 e. The highest BCUT2D eigenvalue weighted by atomic mass is 16.6. The third-order valence-electron chi connectivity index (χ3n) is 4.25. The second-order valence-corrected chi connectivity index (χ2v) is 6.00. The highest BCUT2D eigenvalue weighted by Crippen LogP contribution is 2.29. The lowest BCUT2D eigenvalue weighted by molar-refractivity contribution is -0.153. The zero-order valence-corrected chi connectivity index (χ0v) is 14.0. The summed E-state index contributed by atoms with van der Waals surface area (Å²) in [6.45, 7) is 3.45. The molecule has 1 aliphatic rings. The number of carbonyl (C=O) groups is 2. The molecular weight excluding hydrogens is 334 g/mol. The Hall–Kier alpha value is -2.08. The second kappa shape index (κ2) is 7.87. The SMILES string of the molecule is CC[C@@H](C)[C@@H](N)C(=O)OC[C@H]1O[C@@H](n2cnc(C(N)=O)n2)[C@H](O)[C@@H]1O. The monoisotopic (exact) mass is 357 g/mol. The lowest BCUT2D eigenvalue weighted by Gasteiger charge is -2.19. The number of carbonyl (C=O) groups excluding carboxylic acids is 2. The van der Waals surface area contributed by atoms with E-state index in [0.717, 1.165) is 11.0 Å². The van der Waals surface area contributed by atoms with Gasteiger partial charge in [-0.25, -0.2) is 9.67 Å². The van der Waals surface area contributed by atoms with Gasteiger partial charge in [-0.05, 0) is 5.92 Å². The van der Waals surface area contributed by atoms with E-state index in [1.165, 1.54) is 0 Å². The number of aliphatic hydroxyl groups is 2. The maximum atomic E-state index is 11.9. The molecule has 25 heavy (non-hydrogen) atoms. The molecule has 0 aliphatic carbocycles. The topological polar surface area (TPSA) is 176 Å². The van der Waals surface area contributed by atoms with Crippen LogP contribution in [0.5, 0.6) is 0 Å². The Kier molecular flexibility index (Phi) is 6.06. The third-order valence-corrected chi connectivity index (χ3v) is 4.25. The number of primary amides is 1. The van der Waals surface area contributed by atoms with Gasteiger partial charge in [0.2, 0.25) is 5.82 Å². The van der Waals surface area contributed by atoms with Crippen molar-refractivity contribution in [2.45, 2.75) is 50.8 Å². The van der Waals surface area contributed by atoms with Crippen molar-refractivity contribution < 1.29 is 29.3 Å². The van der Waals surface area contributed by atoms with E-state index in [-0.39, 0.29) is 18.3 Å². The predicted molar refractivity (Wildman–Crippen MR) is 82.9 cm³/mol. The number of hydrogen-bond acceptors (Lipinski definition) is 9. The normalized spacial score (nSPS) is 28.5. The summed E-state index contributed by atoms with van der Waals surface area (Å²) in [5.74, 6) is -1.75. The fourth-order valence-electron chi connectivity index (χ4n) is 2.34. The van der Waals surface area contributed by atoms with Crippen LogP contribution in [0, 0.1) is 5.92 Å². The molecule has 1 aliphatic heterocycles. The minimum absolute atomic E-state index is 0.0531. The molecule has 1 amide bonds. The van der Waals surface area contributed by atoms with Gasteiger partial charge in [0.1, 0.15) is 37.3 Å². The summed E-state index contributed by atoms with van der Waals surface area (Å²) in [6, 6.07) is -0.780. The van der Waals surface area contributed by atoms with E-state index in [1.54, 1.807) is 0 Å². The van der Waals surface area contributed by atoms with E-state index in [4.69, 9.17) is 20.9 Å². The molecule has 0 unspecified atom stereocenters. The first-order chi connectivity index (χ1) is 11.8. The Bertz CT molecular complexity index is 623. The maximum absolute atomic E-state index is 11.9. The van der Waals surface area contributed by atoms with E-state index < -0.39 is 42.5 Å². The zero-order chi connectivity index (χ0) is 18.7. The number of aliphatic hydroxyl groups excluding tert-OH is 2. The summed E-state index contributed by atoms with van der Waals surface area (Å²) in [5, 5.41) is 23.9. The Morgan fingerprint density at radius 3 is 2.68 bits per heavy atom. The highest BCUT2D eigenvalue weighted by Gasteiger charge is 2.45. The molecule has 1 saturated heterocycles. The van der Waals surface area contributed by atoms with Crippen LogP contribution in [0.15, 0.2) is 6.33 Å². The summed E-state index contributed by atoms with van der Waals surface area (Å²) >= 11 is 0. The third kappa shape index (κ3) is 4.12. The Morgan fingerprint density at radius 2 is 2.12 bits per heavy atom. The first kappa shape index (κ1) is 19.2. The number of rotatable bonds is 7. The molecule has 1 fully saturated rings. The smallest absolute Gasteiger partial charge is 0.323 e. The van der Waals surface area contributed by atoms with E-state index in [9.17, 15) is 19.8 Å². The first-order valence-electron chi connectivity index (χ1n) is 7.91. The molecule has 2 rings (SSSR count). The van der Waals surface area contributed by atoms with Crippen LogP contribution in [0.3, 0.4) is 0 Å². The number of amides is 1. The number of hydrogen-bond donors (Lipinski definition) is 4. The summed E-state index contributed by atoms with van der Waals surface area (Å²) in [7, 11) is 0. The van der Waals surface area contributed by atoms with Crippen LogP contribution >= 0.6 is 0 Å². The van der Waals surface area contributed by atoms with Gasteiger partial charge in [0.15, 0.2) is 6.23 Å². The number of aromatic nitrogens is 3. The van der Waals surface area contributed by atoms with E-state index in [0.29, 0.717) is 6.42 Å². The minimum atomic E-state index is -1.35. The quantitative estimate of drug-likeness (QED) is 0.399. The molecule has 0 radical (unpaired) electrons. The van der Waals surface area contributed by atoms with Gasteiger partial charge < -0.3 is 31.2 Å². The van der Waals surface area contributed by atoms with Crippen LogP contribution in [0.2, 0.25) is 0 Å². The molecular formula is C14H23N5O6. The van der Waals surface area contributed by atoms with Crippen LogP contribution in [-0.2, 0) is 14.3 Å². The number of ether oxygens (including phenoxy) is 2. The van der Waals surface area contributed by atoms with Gasteiger partial charge >= 0.3 is 5.97 Å². The van der Waals surface area contributed by atoms with Crippen molar-refractivity contribution in [3.8, 4) is 0 Å². The molecule has 0 spiro atoms. The van der Waals surface area contributed by atoms with Gasteiger partial charge in [-0.1, -0.05) is 20.3 Å². The molecule has 140 valence electrons. The van der Waals surface area contributed by atoms with Gasteiger partial charge in [-0.3, -0.25) is 9.59 Å². The lowest BCUT2D eigenvalue weighted by atomic mass is 10.0. The second-order valence-electron chi connectivity index (χ2n) is 6.00. The van der Waals surface area contributed by atoms with Gasteiger partial charge in [0.05, 0.1) is 0 Å². The molecule has 0 bridgehead atoms. The molecule has 0 saturated carbocycles. The number of nitrogens with zero attached hydrogens (tertiary/aromatic N) is 3. The molecule has 11 nitrogen and oxygen atoms in total. The standard InChI is InChI=1S/C14H23N5O6/c1-3-6(2)8(15)14(23)24-4-7-9(20)10(21)13(25-7)19-5-17-12(18-19)11(16)22/h5-10,13,20-21H,3-4,15H2,1-2H3,(H2,16,22)/t6-,7-,8-,9-,10-,13-/m1/s1. The predicted octanol–water partition coefficient (Wildman–Crippen LogP) is -2.09. The van der Waals surface area contributed by atoms with Crippen LogP contribution < -0.4 is 11.5 Å². The molecule has 2 heterocycles. The molecule has 0 aromatic carbocycles. The van der Waals surface area contributed by atoms with Crippen molar-refractivity contribution in [1.29, 1.82) is 0 Å². The average molecular weight is 357 g/mol. The highest BCUT2D eigenvalue weighted by molar-refractivity contribution is 5.88. The molecule has 1 aromatic heterocycles. The summed E-state index contributed by atoms with van der Waals surface area (Å²) in [6.07, 6.45) is -2.88. The van der Waals surface area contributed by atoms with Crippen molar-refractivity contribution in [2.75, 3.05) is 6.61 Å². The number of esters is 1. The van der Waals surface area contributed by atoms with Crippen LogP contribution in [0.4, 0.5) is 0 Å². The average Bonchev–Trinajstić information content (AvgIpc) is 3.18. The lowest BCUT2D eigenvalue weighted by Crippen LogP contribution is -2.40. The van der Waals surface area contributed by atoms with Crippen molar-refractivity contribution in [1.82, 2.24) is 14.8 Å². The summed E-state index contributed by atoms with van der Waals surface area (Å²) in [5.41, 5.74) is 10.8. The fourth-order valence-corrected chi connectivity index (χ4v) is 2.34. The van der Waals surface area contributed by atoms with E-state index in [2.05, 4.69) is 10.1 Å². The first-order valence-corrected chi connectivity index (χ1v) is 7.91. The molecule has 6 N–H and O–H groups in total. The van der Waals surface area contributed by atoms with Crippen LogP contribution in [0.1, 0.15) is 37.1 Å². The van der Waals surface area contributed by atoms with Crippen molar-refractivity contribution in [2.24, 2.45) is 17.4 Å². The Morgan fingerprint density at radius 1 is 1.44 bits per heavy atom. The van der Waals surface area contributed by atoms with Crippen molar-refractivity contribution in [3.63, 3.8) is 0 Å². The van der Waals surface area contributed by atoms with E-state index >= 15 is 0 Å². The summed E-state index contributed by atoms with van der Waals surface area (Å²) < 4.78 is 11.6. The van der Waals surface area contributed by atoms with Crippen molar-refractivity contribution >= 4 is 11.9 Å². The minimum Gasteiger partial charge on any atom is -0.462 e. The molecule has 6 atom stereocenters. The Balaban J connectivity index is 1.97. The number of nitrogens with two attached hydrogens (primary N) is 2. The van der Waals surface area contributed by atoms with Crippen LogP contribution in [0.25, 0.3) is 0 Å². The molecule has 11 heteroatoms. The zero-order valence-electron chi connectivity index (χ0n) is 14.0. The fraction of sp³-hybridized carbons (Fsp3) is 0.714. The van der Waals surface area contributed by atoms with Gasteiger partial charge in [-0.15, -0.1) is 5.10 Å².